The van der Waals surface area contributed by atoms with Crippen LogP contribution in [0.1, 0.15) is 69.6 Å². The van der Waals surface area contributed by atoms with Gasteiger partial charge >= 0.3 is 5.97 Å². The molecule has 0 amide bonds. The van der Waals surface area contributed by atoms with Gasteiger partial charge in [-0.3, -0.25) is 4.79 Å². The van der Waals surface area contributed by atoms with Crippen molar-refractivity contribution >= 4 is 5.97 Å². The molecule has 0 radical (unpaired) electrons. The van der Waals surface area contributed by atoms with Gasteiger partial charge in [0.1, 0.15) is 0 Å². The van der Waals surface area contributed by atoms with Crippen molar-refractivity contribution in [2.75, 3.05) is 0 Å². The Morgan fingerprint density at radius 2 is 2.05 bits per heavy atom. The molecule has 3 rings (SSSR count). The van der Waals surface area contributed by atoms with Crippen molar-refractivity contribution in [1.82, 2.24) is 0 Å². The molecule has 1 aromatic carbocycles. The van der Waals surface area contributed by atoms with E-state index in [1.54, 1.807) is 0 Å². The fourth-order valence-electron chi connectivity index (χ4n) is 5.08. The number of rotatable bonds is 2. The van der Waals surface area contributed by atoms with Crippen molar-refractivity contribution in [3.8, 4) is 0 Å². The molecule has 1 N–H and O–H groups in total. The summed E-state index contributed by atoms with van der Waals surface area (Å²) in [5.74, 6) is 0.580. The van der Waals surface area contributed by atoms with Gasteiger partial charge in [0, 0.05) is 0 Å². The molecule has 2 aliphatic carbocycles. The molecular formula is C20H28O2. The third kappa shape index (κ3) is 2.28. The van der Waals surface area contributed by atoms with Crippen LogP contribution < -0.4 is 0 Å². The molecule has 0 aliphatic heterocycles. The van der Waals surface area contributed by atoms with E-state index in [-0.39, 0.29) is 17.3 Å². The lowest BCUT2D eigenvalue weighted by Gasteiger charge is -2.51. The Labute approximate surface area is 133 Å². The number of benzene rings is 1. The fraction of sp³-hybridized carbons (Fsp3) is 0.650. The molecule has 0 spiro atoms. The number of carbonyl (C=O) groups is 1. The van der Waals surface area contributed by atoms with Crippen LogP contribution >= 0.6 is 0 Å². The first kappa shape index (κ1) is 15.6. The Bertz CT molecular complexity index is 589. The molecule has 0 bridgehead atoms. The predicted molar refractivity (Wildman–Crippen MR) is 89.2 cm³/mol. The number of aliphatic carboxylic acids is 1. The van der Waals surface area contributed by atoms with E-state index in [1.807, 2.05) is 0 Å². The fourth-order valence-corrected chi connectivity index (χ4v) is 5.08. The number of hydrogen-bond donors (Lipinski definition) is 1. The Hall–Kier alpha value is -1.31. The second-order valence-corrected chi connectivity index (χ2v) is 7.98. The molecule has 2 nitrogen and oxygen atoms in total. The van der Waals surface area contributed by atoms with Crippen LogP contribution in [0.15, 0.2) is 18.2 Å². The van der Waals surface area contributed by atoms with Gasteiger partial charge in [-0.2, -0.15) is 0 Å². The van der Waals surface area contributed by atoms with E-state index in [4.69, 9.17) is 0 Å². The summed E-state index contributed by atoms with van der Waals surface area (Å²) in [5, 5.41) is 9.48. The Morgan fingerprint density at radius 1 is 1.32 bits per heavy atom. The highest BCUT2D eigenvalue weighted by atomic mass is 16.4. The zero-order chi connectivity index (χ0) is 16.1. The van der Waals surface area contributed by atoms with E-state index < -0.39 is 5.97 Å². The summed E-state index contributed by atoms with van der Waals surface area (Å²) in [5.41, 5.74) is 4.58. The molecule has 0 heterocycles. The summed E-state index contributed by atoms with van der Waals surface area (Å²) in [7, 11) is 0. The quantitative estimate of drug-likeness (QED) is 0.855. The van der Waals surface area contributed by atoms with Gasteiger partial charge in [0.05, 0.1) is 5.92 Å². The van der Waals surface area contributed by atoms with Crippen molar-refractivity contribution in [1.29, 1.82) is 0 Å². The number of carboxylic acids is 1. The Balaban J connectivity index is 1.99. The number of aryl methyl sites for hydroxylation is 1. The largest absolute Gasteiger partial charge is 0.481 e. The number of hydrogen-bond acceptors (Lipinski definition) is 1. The van der Waals surface area contributed by atoms with Crippen LogP contribution in [0.2, 0.25) is 0 Å². The molecule has 22 heavy (non-hydrogen) atoms. The highest BCUT2D eigenvalue weighted by Gasteiger charge is 2.49. The molecule has 0 aromatic heterocycles. The summed E-state index contributed by atoms with van der Waals surface area (Å²) < 4.78 is 0. The molecule has 120 valence electrons. The van der Waals surface area contributed by atoms with Crippen LogP contribution in [0.5, 0.6) is 0 Å². The highest BCUT2D eigenvalue weighted by molar-refractivity contribution is 5.70. The van der Waals surface area contributed by atoms with Crippen molar-refractivity contribution in [2.45, 2.75) is 64.7 Å². The van der Waals surface area contributed by atoms with Gasteiger partial charge in [-0.05, 0) is 65.5 Å². The van der Waals surface area contributed by atoms with E-state index in [0.717, 1.165) is 25.7 Å². The van der Waals surface area contributed by atoms with Crippen molar-refractivity contribution in [3.63, 3.8) is 0 Å². The minimum atomic E-state index is -0.601. The van der Waals surface area contributed by atoms with Crippen LogP contribution in [0.4, 0.5) is 0 Å². The van der Waals surface area contributed by atoms with Gasteiger partial charge in [0.25, 0.3) is 0 Å². The van der Waals surface area contributed by atoms with E-state index in [2.05, 4.69) is 45.9 Å². The summed E-state index contributed by atoms with van der Waals surface area (Å²) in [6.07, 6.45) is 4.06. The first-order chi connectivity index (χ1) is 10.3. The molecule has 2 aliphatic rings. The minimum Gasteiger partial charge on any atom is -0.481 e. The highest BCUT2D eigenvalue weighted by Crippen LogP contribution is 2.54. The normalized spacial score (nSPS) is 34.1. The lowest BCUT2D eigenvalue weighted by molar-refractivity contribution is -0.147. The monoisotopic (exact) mass is 300 g/mol. The van der Waals surface area contributed by atoms with Crippen molar-refractivity contribution in [2.24, 2.45) is 17.8 Å². The van der Waals surface area contributed by atoms with Crippen LogP contribution in [0, 0.1) is 17.8 Å². The standard InChI is InChI=1S/C20H28O2/c1-12(2)14-5-8-18-15(11-14)6-7-17-13(3)16(19(21)22)9-10-20(17,18)4/h5,8,11-13,16-17H,6-7,9-10H2,1-4H3,(H,21,22)/t13-,16?,17-,20-/m0/s1. The first-order valence-corrected chi connectivity index (χ1v) is 8.70. The van der Waals surface area contributed by atoms with E-state index in [0.29, 0.717) is 11.8 Å². The molecule has 1 unspecified atom stereocenters. The topological polar surface area (TPSA) is 37.3 Å². The van der Waals surface area contributed by atoms with E-state index >= 15 is 0 Å². The maximum Gasteiger partial charge on any atom is 0.306 e. The minimum absolute atomic E-state index is 0.158. The van der Waals surface area contributed by atoms with Gasteiger partial charge in [-0.25, -0.2) is 0 Å². The third-order valence-electron chi connectivity index (χ3n) is 6.52. The smallest absolute Gasteiger partial charge is 0.306 e. The van der Waals surface area contributed by atoms with Gasteiger partial charge in [0.2, 0.25) is 0 Å². The average molecular weight is 300 g/mol. The van der Waals surface area contributed by atoms with Gasteiger partial charge in [-0.15, -0.1) is 0 Å². The molecular weight excluding hydrogens is 272 g/mol. The predicted octanol–water partition coefficient (Wildman–Crippen LogP) is 4.76. The second kappa shape index (κ2) is 5.40. The lowest BCUT2D eigenvalue weighted by Crippen LogP contribution is -2.48. The zero-order valence-corrected chi connectivity index (χ0v) is 14.2. The maximum atomic E-state index is 11.5. The van der Waals surface area contributed by atoms with Gasteiger partial charge in [-0.1, -0.05) is 45.9 Å². The van der Waals surface area contributed by atoms with Crippen molar-refractivity contribution < 1.29 is 9.90 Å². The average Bonchev–Trinajstić information content (AvgIpc) is 2.46. The SMILES string of the molecule is CC(C)c1ccc2c(c1)CC[C@H]1[C@@H](C)C(C(=O)O)CC[C@]21C. The molecule has 2 heteroatoms. The second-order valence-electron chi connectivity index (χ2n) is 7.98. The molecule has 4 atom stereocenters. The number of carboxylic acid groups (broad SMARTS) is 1. The van der Waals surface area contributed by atoms with E-state index in [9.17, 15) is 9.90 Å². The summed E-state index contributed by atoms with van der Waals surface area (Å²) in [6, 6.07) is 7.02. The van der Waals surface area contributed by atoms with Crippen LogP contribution in [-0.2, 0) is 16.6 Å². The molecule has 1 aromatic rings. The Morgan fingerprint density at radius 3 is 2.68 bits per heavy atom. The van der Waals surface area contributed by atoms with Crippen molar-refractivity contribution in [3.05, 3.63) is 34.9 Å². The molecule has 1 saturated carbocycles. The lowest BCUT2D eigenvalue weighted by atomic mass is 9.52. The third-order valence-corrected chi connectivity index (χ3v) is 6.52. The van der Waals surface area contributed by atoms with Gasteiger partial charge < -0.3 is 5.11 Å². The van der Waals surface area contributed by atoms with E-state index in [1.165, 1.54) is 16.7 Å². The van der Waals surface area contributed by atoms with Crippen LogP contribution in [0.25, 0.3) is 0 Å². The Kier molecular flexibility index (Phi) is 3.82. The molecule has 1 fully saturated rings. The first-order valence-electron chi connectivity index (χ1n) is 8.70. The molecule has 0 saturated heterocycles. The summed E-state index contributed by atoms with van der Waals surface area (Å²) in [4.78, 5) is 11.5. The van der Waals surface area contributed by atoms with Crippen LogP contribution in [-0.4, -0.2) is 11.1 Å². The maximum absolute atomic E-state index is 11.5. The summed E-state index contributed by atoms with van der Waals surface area (Å²) in [6.45, 7) is 9.03. The van der Waals surface area contributed by atoms with Gasteiger partial charge in [0.15, 0.2) is 0 Å². The zero-order valence-electron chi connectivity index (χ0n) is 14.2. The number of fused-ring (bicyclic) bond motifs is 3. The van der Waals surface area contributed by atoms with Crippen LogP contribution in [0.3, 0.4) is 0 Å². The summed E-state index contributed by atoms with van der Waals surface area (Å²) >= 11 is 0.